The summed E-state index contributed by atoms with van der Waals surface area (Å²) in [5.41, 5.74) is 1.44. The maximum atomic E-state index is 12.9. The van der Waals surface area contributed by atoms with E-state index in [1.807, 2.05) is 0 Å². The molecule has 1 heterocycles. The second-order valence-electron chi connectivity index (χ2n) is 5.57. The third-order valence-corrected chi connectivity index (χ3v) is 2.59. The van der Waals surface area contributed by atoms with E-state index in [1.54, 1.807) is 45.9 Å². The van der Waals surface area contributed by atoms with Crippen LogP contribution in [0.3, 0.4) is 0 Å². The van der Waals surface area contributed by atoms with Crippen LogP contribution in [0.2, 0.25) is 0 Å². The highest BCUT2D eigenvalue weighted by molar-refractivity contribution is 5.72. The minimum atomic E-state index is -0.578. The van der Waals surface area contributed by atoms with Gasteiger partial charge in [-0.3, -0.25) is 0 Å². The van der Waals surface area contributed by atoms with E-state index in [-0.39, 0.29) is 5.82 Å². The molecule has 1 aromatic heterocycles. The summed E-state index contributed by atoms with van der Waals surface area (Å²) in [6.07, 6.45) is -0.525. The lowest BCUT2D eigenvalue weighted by Gasteiger charge is -2.19. The van der Waals surface area contributed by atoms with Crippen LogP contribution in [-0.2, 0) is 4.74 Å². The third kappa shape index (κ3) is 3.23. The molecule has 0 N–H and O–H groups in total. The topological polar surface area (TPSA) is 44.1 Å². The van der Waals surface area contributed by atoms with E-state index in [0.29, 0.717) is 11.4 Å². The van der Waals surface area contributed by atoms with Crippen LogP contribution in [0, 0.1) is 12.7 Å². The number of carbonyl (C=O) groups excluding carboxylic acids is 1. The van der Waals surface area contributed by atoms with Crippen LogP contribution in [0.1, 0.15) is 26.5 Å². The highest BCUT2D eigenvalue weighted by Crippen LogP contribution is 2.20. The fraction of sp³-hybridized carbons (Fsp3) is 0.333. The van der Waals surface area contributed by atoms with Crippen molar-refractivity contribution < 1.29 is 13.9 Å². The van der Waals surface area contributed by atoms with Crippen molar-refractivity contribution in [2.24, 2.45) is 0 Å². The van der Waals surface area contributed by atoms with Gasteiger partial charge in [-0.05, 0) is 58.0 Å². The van der Waals surface area contributed by atoms with Crippen LogP contribution < -0.4 is 0 Å². The molecular formula is C15H17FN2O2. The van der Waals surface area contributed by atoms with Crippen molar-refractivity contribution in [1.82, 2.24) is 9.78 Å². The summed E-state index contributed by atoms with van der Waals surface area (Å²) in [6, 6.07) is 7.72. The highest BCUT2D eigenvalue weighted by atomic mass is 19.1. The summed E-state index contributed by atoms with van der Waals surface area (Å²) < 4.78 is 19.4. The van der Waals surface area contributed by atoms with Crippen molar-refractivity contribution in [2.75, 3.05) is 0 Å². The molecule has 0 atom stereocenters. The molecule has 0 aliphatic rings. The van der Waals surface area contributed by atoms with Crippen LogP contribution in [0.15, 0.2) is 30.3 Å². The Hall–Kier alpha value is -2.17. The highest BCUT2D eigenvalue weighted by Gasteiger charge is 2.20. The molecule has 106 valence electrons. The number of nitrogens with zero attached hydrogens (tertiary/aromatic N) is 2. The number of hydrogen-bond acceptors (Lipinski definition) is 3. The standard InChI is InChI=1S/C15H17FN2O2/c1-10-9-13(11-5-7-12(16)8-6-11)17-18(10)14(19)20-15(2,3)4/h5-9H,1-4H3. The van der Waals surface area contributed by atoms with E-state index < -0.39 is 11.7 Å². The molecular weight excluding hydrogens is 259 g/mol. The summed E-state index contributed by atoms with van der Waals surface area (Å²) in [5.74, 6) is -0.308. The van der Waals surface area contributed by atoms with Gasteiger partial charge in [-0.2, -0.15) is 9.78 Å². The molecule has 0 saturated carbocycles. The number of rotatable bonds is 1. The first-order chi connectivity index (χ1) is 9.26. The monoisotopic (exact) mass is 276 g/mol. The molecule has 2 aromatic rings. The molecule has 0 aliphatic heterocycles. The quantitative estimate of drug-likeness (QED) is 0.796. The maximum Gasteiger partial charge on any atom is 0.435 e. The molecule has 0 radical (unpaired) electrons. The number of hydrogen-bond donors (Lipinski definition) is 0. The van der Waals surface area contributed by atoms with Gasteiger partial charge < -0.3 is 4.74 Å². The minimum Gasteiger partial charge on any atom is -0.442 e. The molecule has 0 aliphatic carbocycles. The van der Waals surface area contributed by atoms with Crippen LogP contribution in [0.5, 0.6) is 0 Å². The van der Waals surface area contributed by atoms with Gasteiger partial charge in [0.15, 0.2) is 0 Å². The lowest BCUT2D eigenvalue weighted by molar-refractivity contribution is 0.0511. The molecule has 0 bridgehead atoms. The summed E-state index contributed by atoms with van der Waals surface area (Å²) in [7, 11) is 0. The number of ether oxygens (including phenoxy) is 1. The zero-order chi connectivity index (χ0) is 14.9. The lowest BCUT2D eigenvalue weighted by Crippen LogP contribution is -2.28. The summed E-state index contributed by atoms with van der Waals surface area (Å²) in [5, 5.41) is 4.21. The molecule has 4 nitrogen and oxygen atoms in total. The summed E-state index contributed by atoms with van der Waals surface area (Å²) in [6.45, 7) is 7.16. The van der Waals surface area contributed by atoms with Crippen molar-refractivity contribution in [3.05, 3.63) is 41.8 Å². The molecule has 2 rings (SSSR count). The average Bonchev–Trinajstić information content (AvgIpc) is 2.70. The number of aromatic nitrogens is 2. The zero-order valence-corrected chi connectivity index (χ0v) is 12.0. The molecule has 0 amide bonds. The first-order valence-electron chi connectivity index (χ1n) is 6.32. The van der Waals surface area contributed by atoms with Crippen LogP contribution in [0.25, 0.3) is 11.3 Å². The zero-order valence-electron chi connectivity index (χ0n) is 12.0. The minimum absolute atomic E-state index is 0.308. The van der Waals surface area contributed by atoms with Gasteiger partial charge in [-0.25, -0.2) is 9.18 Å². The molecule has 0 saturated heterocycles. The fourth-order valence-corrected chi connectivity index (χ4v) is 1.73. The summed E-state index contributed by atoms with van der Waals surface area (Å²) >= 11 is 0. The number of aryl methyl sites for hydroxylation is 1. The molecule has 20 heavy (non-hydrogen) atoms. The third-order valence-electron chi connectivity index (χ3n) is 2.59. The Balaban J connectivity index is 2.30. The van der Waals surface area contributed by atoms with Crippen molar-refractivity contribution in [2.45, 2.75) is 33.3 Å². The van der Waals surface area contributed by atoms with Gasteiger partial charge in [0, 0.05) is 11.3 Å². The van der Waals surface area contributed by atoms with E-state index in [2.05, 4.69) is 5.10 Å². The Kier molecular flexibility index (Phi) is 3.61. The number of halogens is 1. The van der Waals surface area contributed by atoms with E-state index in [1.165, 1.54) is 16.8 Å². The van der Waals surface area contributed by atoms with E-state index in [0.717, 1.165) is 5.56 Å². The van der Waals surface area contributed by atoms with Gasteiger partial charge in [-0.15, -0.1) is 0 Å². The van der Waals surface area contributed by atoms with Gasteiger partial charge >= 0.3 is 6.09 Å². The predicted octanol–water partition coefficient (Wildman–Crippen LogP) is 3.78. The lowest BCUT2D eigenvalue weighted by atomic mass is 10.1. The van der Waals surface area contributed by atoms with E-state index in [4.69, 9.17) is 4.74 Å². The predicted molar refractivity (Wildman–Crippen MR) is 74.0 cm³/mol. The SMILES string of the molecule is Cc1cc(-c2ccc(F)cc2)nn1C(=O)OC(C)(C)C. The van der Waals surface area contributed by atoms with Gasteiger partial charge in [-0.1, -0.05) is 0 Å². The maximum absolute atomic E-state index is 12.9. The van der Waals surface area contributed by atoms with Crippen molar-refractivity contribution in [1.29, 1.82) is 0 Å². The second kappa shape index (κ2) is 5.07. The average molecular weight is 276 g/mol. The normalized spacial score (nSPS) is 11.4. The molecule has 0 spiro atoms. The first kappa shape index (κ1) is 14.2. The molecule has 5 heteroatoms. The Labute approximate surface area is 117 Å². The van der Waals surface area contributed by atoms with Gasteiger partial charge in [0.2, 0.25) is 0 Å². The Morgan fingerprint density at radius 3 is 2.40 bits per heavy atom. The Bertz CT molecular complexity index is 624. The number of benzene rings is 1. The van der Waals surface area contributed by atoms with E-state index >= 15 is 0 Å². The van der Waals surface area contributed by atoms with Crippen LogP contribution >= 0.6 is 0 Å². The molecule has 0 unspecified atom stereocenters. The first-order valence-corrected chi connectivity index (χ1v) is 6.32. The Morgan fingerprint density at radius 2 is 1.85 bits per heavy atom. The second-order valence-corrected chi connectivity index (χ2v) is 5.57. The van der Waals surface area contributed by atoms with Crippen molar-refractivity contribution >= 4 is 6.09 Å². The van der Waals surface area contributed by atoms with Gasteiger partial charge in [0.1, 0.15) is 11.4 Å². The van der Waals surface area contributed by atoms with Crippen LogP contribution in [-0.4, -0.2) is 21.5 Å². The number of carbonyl (C=O) groups is 1. The molecule has 1 aromatic carbocycles. The Morgan fingerprint density at radius 1 is 1.25 bits per heavy atom. The van der Waals surface area contributed by atoms with E-state index in [9.17, 15) is 9.18 Å². The smallest absolute Gasteiger partial charge is 0.435 e. The summed E-state index contributed by atoms with van der Waals surface area (Å²) in [4.78, 5) is 12.0. The van der Waals surface area contributed by atoms with Gasteiger partial charge in [0.05, 0.1) is 5.69 Å². The molecule has 0 fully saturated rings. The van der Waals surface area contributed by atoms with Crippen molar-refractivity contribution in [3.63, 3.8) is 0 Å². The van der Waals surface area contributed by atoms with Gasteiger partial charge in [0.25, 0.3) is 0 Å². The van der Waals surface area contributed by atoms with Crippen LogP contribution in [0.4, 0.5) is 9.18 Å². The largest absolute Gasteiger partial charge is 0.442 e. The van der Waals surface area contributed by atoms with Crippen molar-refractivity contribution in [3.8, 4) is 11.3 Å². The fourth-order valence-electron chi connectivity index (χ4n) is 1.73.